The van der Waals surface area contributed by atoms with Crippen LogP contribution in [0.2, 0.25) is 0 Å². The maximum atomic E-state index is 13.8. The normalized spacial score (nSPS) is 20.8. The topological polar surface area (TPSA) is 116 Å². The molecule has 0 bridgehead atoms. The smallest absolute Gasteiger partial charge is 0.424 e. The van der Waals surface area contributed by atoms with Crippen molar-refractivity contribution in [1.29, 1.82) is 0 Å². The van der Waals surface area contributed by atoms with Crippen molar-refractivity contribution in [2.45, 2.75) is 54.4 Å². The van der Waals surface area contributed by atoms with E-state index in [1.165, 1.54) is 12.0 Å². The Morgan fingerprint density at radius 1 is 1.12 bits per heavy atom. The molecule has 0 aliphatic carbocycles. The monoisotopic (exact) mass is 605 g/mol. The van der Waals surface area contributed by atoms with Gasteiger partial charge in [0.15, 0.2) is 0 Å². The number of carbonyl (C=O) groups excluding carboxylic acids is 2. The minimum Gasteiger partial charge on any atom is -0.453 e. The first-order valence-electron chi connectivity index (χ1n) is 12.6. The number of nitrogens with one attached hydrogen (secondary N) is 1. The molecule has 2 aliphatic rings. The van der Waals surface area contributed by atoms with Gasteiger partial charge in [0.2, 0.25) is 11.5 Å². The first-order chi connectivity index (χ1) is 19.2. The maximum absolute atomic E-state index is 13.8. The van der Waals surface area contributed by atoms with Crippen molar-refractivity contribution < 1.29 is 49.8 Å². The van der Waals surface area contributed by atoms with Gasteiger partial charge < -0.3 is 20.1 Å². The molecule has 1 saturated heterocycles. The molecule has 4 rings (SSSR count). The number of likely N-dealkylation sites (tertiary alicyclic amines) is 1. The highest BCUT2D eigenvalue weighted by Crippen LogP contribution is 2.43. The SMILES string of the molecule is COC(=O)N[C@H]1CCN(C(=O)C[C@@H]2CCc3cc(C(O)(CF)C(F)(F)F)ccc3N2S(=O)(=O)c2ccc(F)cc2)C1. The fraction of sp³-hybridized carbons (Fsp3) is 0.462. The molecule has 0 spiro atoms. The third-order valence-electron chi connectivity index (χ3n) is 7.36. The predicted octanol–water partition coefficient (Wildman–Crippen LogP) is 3.40. The first-order valence-corrected chi connectivity index (χ1v) is 14.1. The van der Waals surface area contributed by atoms with Crippen molar-refractivity contribution >= 4 is 27.7 Å². The van der Waals surface area contributed by atoms with Crippen LogP contribution in [0.3, 0.4) is 0 Å². The molecule has 2 heterocycles. The average molecular weight is 606 g/mol. The second-order valence-electron chi connectivity index (χ2n) is 9.95. The molecule has 224 valence electrons. The van der Waals surface area contributed by atoms with Crippen molar-refractivity contribution in [2.75, 3.05) is 31.2 Å². The number of sulfonamides is 1. The highest BCUT2D eigenvalue weighted by molar-refractivity contribution is 7.92. The van der Waals surface area contributed by atoms with Crippen LogP contribution >= 0.6 is 0 Å². The number of hydrogen-bond acceptors (Lipinski definition) is 6. The molecule has 1 fully saturated rings. The molecule has 0 radical (unpaired) electrons. The van der Waals surface area contributed by atoms with E-state index in [0.717, 1.165) is 46.8 Å². The summed E-state index contributed by atoms with van der Waals surface area (Å²) in [6.45, 7) is -1.68. The van der Waals surface area contributed by atoms with Crippen LogP contribution in [0.25, 0.3) is 0 Å². The van der Waals surface area contributed by atoms with Crippen LogP contribution < -0.4 is 9.62 Å². The van der Waals surface area contributed by atoms with E-state index >= 15 is 0 Å². The van der Waals surface area contributed by atoms with Crippen LogP contribution in [0.15, 0.2) is 47.4 Å². The summed E-state index contributed by atoms with van der Waals surface area (Å²) in [5.41, 5.74) is -4.53. The van der Waals surface area contributed by atoms with Crippen LogP contribution in [0.1, 0.15) is 30.4 Å². The van der Waals surface area contributed by atoms with Crippen molar-refractivity contribution in [1.82, 2.24) is 10.2 Å². The van der Waals surface area contributed by atoms with Gasteiger partial charge in [-0.15, -0.1) is 0 Å². The number of benzene rings is 2. The molecule has 0 aromatic heterocycles. The maximum Gasteiger partial charge on any atom is 0.424 e. The number of aliphatic hydroxyl groups is 1. The number of alkyl carbamates (subject to hydrolysis) is 1. The quantitative estimate of drug-likeness (QED) is 0.468. The van der Waals surface area contributed by atoms with E-state index in [2.05, 4.69) is 10.1 Å². The van der Waals surface area contributed by atoms with Crippen LogP contribution in [0.4, 0.5) is 32.4 Å². The number of anilines is 1. The summed E-state index contributed by atoms with van der Waals surface area (Å²) in [5, 5.41) is 12.7. The number of rotatable bonds is 7. The fourth-order valence-corrected chi connectivity index (χ4v) is 6.82. The molecule has 2 amide bonds. The van der Waals surface area contributed by atoms with E-state index in [-0.39, 0.29) is 48.0 Å². The Morgan fingerprint density at radius 3 is 2.41 bits per heavy atom. The number of methoxy groups -OCH3 is 1. The minimum absolute atomic E-state index is 0.0143. The summed E-state index contributed by atoms with van der Waals surface area (Å²) in [5.74, 6) is -1.10. The van der Waals surface area contributed by atoms with Gasteiger partial charge in [0.25, 0.3) is 10.0 Å². The Hall–Kier alpha value is -3.46. The Morgan fingerprint density at radius 2 is 1.80 bits per heavy atom. The molecule has 3 atom stereocenters. The summed E-state index contributed by atoms with van der Waals surface area (Å²) in [4.78, 5) is 25.9. The van der Waals surface area contributed by atoms with Crippen molar-refractivity contribution in [3.8, 4) is 0 Å². The first kappa shape index (κ1) is 30.5. The molecule has 0 saturated carbocycles. The second kappa shape index (κ2) is 11.4. The van der Waals surface area contributed by atoms with Gasteiger partial charge in [-0.25, -0.2) is 22.0 Å². The van der Waals surface area contributed by atoms with Gasteiger partial charge in [0.1, 0.15) is 12.5 Å². The predicted molar refractivity (Wildman–Crippen MR) is 136 cm³/mol. The number of alkyl halides is 4. The largest absolute Gasteiger partial charge is 0.453 e. The molecule has 2 aliphatic heterocycles. The molecule has 41 heavy (non-hydrogen) atoms. The molecular weight excluding hydrogens is 577 g/mol. The lowest BCUT2D eigenvalue weighted by atomic mass is 9.88. The lowest BCUT2D eigenvalue weighted by molar-refractivity contribution is -0.271. The van der Waals surface area contributed by atoms with Gasteiger partial charge in [-0.1, -0.05) is 12.1 Å². The van der Waals surface area contributed by atoms with Crippen LogP contribution in [-0.2, 0) is 31.6 Å². The number of fused-ring (bicyclic) bond motifs is 1. The van der Waals surface area contributed by atoms with Gasteiger partial charge in [0.05, 0.1) is 29.8 Å². The number of ether oxygens (including phenoxy) is 1. The van der Waals surface area contributed by atoms with E-state index < -0.39 is 57.9 Å². The van der Waals surface area contributed by atoms with E-state index in [9.17, 15) is 45.1 Å². The van der Waals surface area contributed by atoms with E-state index in [1.54, 1.807) is 0 Å². The molecule has 1 unspecified atom stereocenters. The van der Waals surface area contributed by atoms with Crippen molar-refractivity contribution in [3.63, 3.8) is 0 Å². The zero-order valence-electron chi connectivity index (χ0n) is 21.8. The van der Waals surface area contributed by atoms with Crippen molar-refractivity contribution in [2.24, 2.45) is 0 Å². The number of carbonyl (C=O) groups is 2. The zero-order valence-corrected chi connectivity index (χ0v) is 22.6. The van der Waals surface area contributed by atoms with Crippen LogP contribution in [0.5, 0.6) is 0 Å². The van der Waals surface area contributed by atoms with E-state index in [4.69, 9.17) is 0 Å². The molecule has 15 heteroatoms. The highest BCUT2D eigenvalue weighted by Gasteiger charge is 2.55. The van der Waals surface area contributed by atoms with Gasteiger partial charge in [-0.05, 0) is 60.7 Å². The summed E-state index contributed by atoms with van der Waals surface area (Å²) in [6.07, 6.45) is -5.79. The molecule has 2 aromatic rings. The molecule has 2 aromatic carbocycles. The number of aryl methyl sites for hydroxylation is 1. The highest BCUT2D eigenvalue weighted by atomic mass is 32.2. The molecule has 2 N–H and O–H groups in total. The third-order valence-corrected chi connectivity index (χ3v) is 9.25. The average Bonchev–Trinajstić information content (AvgIpc) is 3.40. The van der Waals surface area contributed by atoms with Gasteiger partial charge in [0, 0.05) is 19.5 Å². The van der Waals surface area contributed by atoms with E-state index in [1.807, 2.05) is 0 Å². The van der Waals surface area contributed by atoms with Crippen LogP contribution in [0, 0.1) is 5.82 Å². The summed E-state index contributed by atoms with van der Waals surface area (Å²) in [7, 11) is -3.26. The Labute approximate surface area is 232 Å². The number of amides is 2. The van der Waals surface area contributed by atoms with Crippen LogP contribution in [-0.4, -0.2) is 75.6 Å². The lowest BCUT2D eigenvalue weighted by Gasteiger charge is -2.39. The Balaban J connectivity index is 1.69. The molecular formula is C26H28F5N3O6S. The number of nitrogens with zero attached hydrogens (tertiary/aromatic N) is 2. The summed E-state index contributed by atoms with van der Waals surface area (Å²) in [6, 6.07) is 5.35. The minimum atomic E-state index is -5.34. The summed E-state index contributed by atoms with van der Waals surface area (Å²) < 4.78 is 101. The Kier molecular flexibility index (Phi) is 8.50. The molecule has 9 nitrogen and oxygen atoms in total. The van der Waals surface area contributed by atoms with Gasteiger partial charge >= 0.3 is 12.3 Å². The summed E-state index contributed by atoms with van der Waals surface area (Å²) >= 11 is 0. The third kappa shape index (κ3) is 5.96. The number of halogens is 5. The Bertz CT molecular complexity index is 1410. The van der Waals surface area contributed by atoms with Crippen molar-refractivity contribution in [3.05, 3.63) is 59.4 Å². The number of hydrogen-bond donors (Lipinski definition) is 2. The van der Waals surface area contributed by atoms with E-state index in [0.29, 0.717) is 13.0 Å². The fourth-order valence-electron chi connectivity index (χ4n) is 5.10. The lowest BCUT2D eigenvalue weighted by Crippen LogP contribution is -2.47. The zero-order chi connectivity index (χ0) is 30.2. The van der Waals surface area contributed by atoms with Gasteiger partial charge in [-0.3, -0.25) is 9.10 Å². The van der Waals surface area contributed by atoms with Gasteiger partial charge in [-0.2, -0.15) is 13.2 Å². The standard InChI is InChI=1S/C26H28F5N3O6S/c1-40-24(36)32-19-10-11-33(14-19)23(35)13-20-6-2-16-12-17(25(37,15-27)26(29,30)31)3-9-22(16)34(20)41(38,39)21-7-4-18(28)5-8-21/h3-5,7-9,12,19-20,37H,2,6,10-11,13-15H2,1H3,(H,32,36)/t19-,20-,25?/m0/s1. The second-order valence-corrected chi connectivity index (χ2v) is 11.8.